The number of anilines is 1. The van der Waals surface area contributed by atoms with Gasteiger partial charge in [-0.3, -0.25) is 9.78 Å². The lowest BCUT2D eigenvalue weighted by molar-refractivity contribution is 0.0998. The first-order valence-electron chi connectivity index (χ1n) is 7.48. The third-order valence-corrected chi connectivity index (χ3v) is 4.30. The van der Waals surface area contributed by atoms with Crippen LogP contribution >= 0.6 is 11.6 Å². The van der Waals surface area contributed by atoms with Gasteiger partial charge in [0.1, 0.15) is 0 Å². The highest BCUT2D eigenvalue weighted by Crippen LogP contribution is 2.31. The number of nitrogens with zero attached hydrogens (tertiary/aromatic N) is 1. The van der Waals surface area contributed by atoms with E-state index < -0.39 is 0 Å². The monoisotopic (exact) mass is 336 g/mol. The van der Waals surface area contributed by atoms with Crippen LogP contribution in [0.1, 0.15) is 16.1 Å². The molecule has 0 unspecified atom stereocenters. The molecule has 118 valence electrons. The third kappa shape index (κ3) is 2.32. The number of nitrogens with one attached hydrogen (secondary N) is 1. The molecule has 5 heteroatoms. The molecule has 4 aromatic rings. The fourth-order valence-electron chi connectivity index (χ4n) is 2.81. The van der Waals surface area contributed by atoms with Crippen molar-refractivity contribution in [1.82, 2.24) is 4.98 Å². The first-order chi connectivity index (χ1) is 11.6. The molecule has 0 fully saturated rings. The molecule has 1 amide bonds. The van der Waals surface area contributed by atoms with Crippen LogP contribution in [-0.2, 0) is 0 Å². The standard InChI is InChI=1S/C19H13ClN2O2/c1-11-13-7-3-8-14(20)18(13)24-17(11)19(23)22-15-9-2-5-12-6-4-10-21-16(12)15/h2-10H,1H3,(H,22,23). The molecule has 24 heavy (non-hydrogen) atoms. The molecule has 1 N–H and O–H groups in total. The van der Waals surface area contributed by atoms with Gasteiger partial charge in [0.25, 0.3) is 5.91 Å². The van der Waals surface area contributed by atoms with Crippen LogP contribution in [-0.4, -0.2) is 10.9 Å². The summed E-state index contributed by atoms with van der Waals surface area (Å²) < 4.78 is 5.71. The van der Waals surface area contributed by atoms with Crippen molar-refractivity contribution in [2.45, 2.75) is 6.92 Å². The van der Waals surface area contributed by atoms with E-state index in [1.165, 1.54) is 0 Å². The summed E-state index contributed by atoms with van der Waals surface area (Å²) in [7, 11) is 0. The predicted octanol–water partition coefficient (Wildman–Crippen LogP) is 5.20. The minimum atomic E-state index is -0.321. The molecular formula is C19H13ClN2O2. The van der Waals surface area contributed by atoms with Crippen molar-refractivity contribution < 1.29 is 9.21 Å². The van der Waals surface area contributed by atoms with Crippen LogP contribution in [0.3, 0.4) is 0 Å². The lowest BCUT2D eigenvalue weighted by atomic mass is 10.1. The van der Waals surface area contributed by atoms with Gasteiger partial charge in [-0.2, -0.15) is 0 Å². The second kappa shape index (κ2) is 5.65. The number of para-hydroxylation sites is 2. The summed E-state index contributed by atoms with van der Waals surface area (Å²) in [5.74, 6) is -0.0658. The van der Waals surface area contributed by atoms with Gasteiger partial charge < -0.3 is 9.73 Å². The van der Waals surface area contributed by atoms with E-state index in [4.69, 9.17) is 16.0 Å². The van der Waals surface area contributed by atoms with E-state index in [1.807, 2.05) is 49.4 Å². The highest BCUT2D eigenvalue weighted by molar-refractivity contribution is 6.35. The molecule has 0 saturated heterocycles. The second-order valence-corrected chi connectivity index (χ2v) is 5.91. The first kappa shape index (κ1) is 14.7. The number of hydrogen-bond donors (Lipinski definition) is 1. The van der Waals surface area contributed by atoms with Crippen molar-refractivity contribution in [3.63, 3.8) is 0 Å². The minimum Gasteiger partial charge on any atom is -0.449 e. The topological polar surface area (TPSA) is 55.1 Å². The van der Waals surface area contributed by atoms with Gasteiger partial charge in [-0.1, -0.05) is 41.9 Å². The predicted molar refractivity (Wildman–Crippen MR) is 95.7 cm³/mol. The second-order valence-electron chi connectivity index (χ2n) is 5.51. The fraction of sp³-hybridized carbons (Fsp3) is 0.0526. The van der Waals surface area contributed by atoms with Gasteiger partial charge in [-0.15, -0.1) is 0 Å². The molecule has 0 saturated carbocycles. The van der Waals surface area contributed by atoms with Gasteiger partial charge >= 0.3 is 0 Å². The van der Waals surface area contributed by atoms with Crippen molar-refractivity contribution in [3.05, 3.63) is 71.1 Å². The van der Waals surface area contributed by atoms with E-state index in [0.29, 0.717) is 16.3 Å². The summed E-state index contributed by atoms with van der Waals surface area (Å²) in [5, 5.41) is 5.17. The molecule has 0 spiro atoms. The summed E-state index contributed by atoms with van der Waals surface area (Å²) in [6.45, 7) is 1.85. The van der Waals surface area contributed by atoms with Crippen molar-refractivity contribution >= 4 is 45.1 Å². The van der Waals surface area contributed by atoms with Crippen LogP contribution in [0.5, 0.6) is 0 Å². The van der Waals surface area contributed by atoms with Gasteiger partial charge in [-0.25, -0.2) is 0 Å². The van der Waals surface area contributed by atoms with Crippen LogP contribution in [0, 0.1) is 6.92 Å². The van der Waals surface area contributed by atoms with Crippen LogP contribution < -0.4 is 5.32 Å². The van der Waals surface area contributed by atoms with Crippen molar-refractivity contribution in [2.24, 2.45) is 0 Å². The van der Waals surface area contributed by atoms with Crippen LogP contribution in [0.4, 0.5) is 5.69 Å². The highest BCUT2D eigenvalue weighted by Gasteiger charge is 2.19. The van der Waals surface area contributed by atoms with E-state index in [-0.39, 0.29) is 11.7 Å². The number of fused-ring (bicyclic) bond motifs is 2. The zero-order valence-corrected chi connectivity index (χ0v) is 13.6. The molecule has 2 aromatic heterocycles. The normalized spacial score (nSPS) is 11.1. The van der Waals surface area contributed by atoms with Crippen molar-refractivity contribution in [1.29, 1.82) is 0 Å². The third-order valence-electron chi connectivity index (χ3n) is 4.00. The number of rotatable bonds is 2. The van der Waals surface area contributed by atoms with Crippen molar-refractivity contribution in [3.8, 4) is 0 Å². The maximum absolute atomic E-state index is 12.7. The quantitative estimate of drug-likeness (QED) is 0.547. The van der Waals surface area contributed by atoms with Gasteiger partial charge in [0.15, 0.2) is 11.3 Å². The number of aryl methyl sites for hydroxylation is 1. The van der Waals surface area contributed by atoms with E-state index in [2.05, 4.69) is 10.3 Å². The number of benzene rings is 2. The zero-order valence-electron chi connectivity index (χ0n) is 12.8. The van der Waals surface area contributed by atoms with Crippen molar-refractivity contribution in [2.75, 3.05) is 5.32 Å². The smallest absolute Gasteiger partial charge is 0.291 e. The lowest BCUT2D eigenvalue weighted by Crippen LogP contribution is -2.12. The number of hydrogen-bond acceptors (Lipinski definition) is 3. The Morgan fingerprint density at radius 2 is 1.92 bits per heavy atom. The highest BCUT2D eigenvalue weighted by atomic mass is 35.5. The van der Waals surface area contributed by atoms with E-state index in [9.17, 15) is 4.79 Å². The summed E-state index contributed by atoms with van der Waals surface area (Å²) in [4.78, 5) is 17.0. The molecular weight excluding hydrogens is 324 g/mol. The Morgan fingerprint density at radius 1 is 1.12 bits per heavy atom. The van der Waals surface area contributed by atoms with E-state index >= 15 is 0 Å². The van der Waals surface area contributed by atoms with Crippen LogP contribution in [0.15, 0.2) is 59.1 Å². The molecule has 0 radical (unpaired) electrons. The zero-order chi connectivity index (χ0) is 16.7. The maximum Gasteiger partial charge on any atom is 0.291 e. The minimum absolute atomic E-state index is 0.256. The number of carbonyl (C=O) groups excluding carboxylic acids is 1. The maximum atomic E-state index is 12.7. The van der Waals surface area contributed by atoms with Gasteiger partial charge in [0, 0.05) is 22.5 Å². The molecule has 4 rings (SSSR count). The molecule has 0 aliphatic heterocycles. The van der Waals surface area contributed by atoms with Crippen LogP contribution in [0.25, 0.3) is 21.9 Å². The molecule has 0 aliphatic carbocycles. The Kier molecular flexibility index (Phi) is 3.47. The molecule has 0 bridgehead atoms. The average molecular weight is 337 g/mol. The number of pyridine rings is 1. The van der Waals surface area contributed by atoms with Gasteiger partial charge in [-0.05, 0) is 25.1 Å². The van der Waals surface area contributed by atoms with E-state index in [1.54, 1.807) is 12.3 Å². The summed E-state index contributed by atoms with van der Waals surface area (Å²) in [6.07, 6.45) is 1.70. The largest absolute Gasteiger partial charge is 0.449 e. The number of halogens is 1. The Hall–Kier alpha value is -2.85. The molecule has 4 nitrogen and oxygen atoms in total. The first-order valence-corrected chi connectivity index (χ1v) is 7.85. The molecule has 2 heterocycles. The average Bonchev–Trinajstić information content (AvgIpc) is 2.94. The van der Waals surface area contributed by atoms with Crippen LogP contribution in [0.2, 0.25) is 5.02 Å². The summed E-state index contributed by atoms with van der Waals surface area (Å²) in [5.41, 5.74) is 2.67. The number of carbonyl (C=O) groups is 1. The Labute approximate surface area is 143 Å². The SMILES string of the molecule is Cc1c(C(=O)Nc2cccc3cccnc23)oc2c(Cl)cccc12. The number of amides is 1. The molecule has 0 atom stereocenters. The lowest BCUT2D eigenvalue weighted by Gasteiger charge is -2.07. The Bertz CT molecular complexity index is 1080. The number of aromatic nitrogens is 1. The Balaban J connectivity index is 1.77. The molecule has 2 aromatic carbocycles. The summed E-state index contributed by atoms with van der Waals surface area (Å²) >= 11 is 6.15. The fourth-order valence-corrected chi connectivity index (χ4v) is 3.02. The summed E-state index contributed by atoms with van der Waals surface area (Å²) in [6, 6.07) is 14.9. The molecule has 0 aliphatic rings. The Morgan fingerprint density at radius 3 is 2.75 bits per heavy atom. The number of furan rings is 1. The van der Waals surface area contributed by atoms with E-state index in [0.717, 1.165) is 21.9 Å². The van der Waals surface area contributed by atoms with Gasteiger partial charge in [0.05, 0.1) is 16.2 Å². The van der Waals surface area contributed by atoms with Gasteiger partial charge in [0.2, 0.25) is 0 Å².